The van der Waals surface area contributed by atoms with Gasteiger partial charge in [-0.1, -0.05) is 0 Å². The number of hydrogen-bond donors (Lipinski definition) is 1. The van der Waals surface area contributed by atoms with Crippen LogP contribution in [0.1, 0.15) is 31.8 Å². The van der Waals surface area contributed by atoms with E-state index in [0.717, 1.165) is 22.1 Å². The molecule has 0 saturated carbocycles. The molecule has 2 aromatic heterocycles. The lowest BCUT2D eigenvalue weighted by Gasteiger charge is -2.29. The molecule has 0 spiro atoms. The average molecular weight is 362 g/mol. The molecule has 0 atom stereocenters. The SMILES string of the molecule is Cc1nc(C)c(C(=O)NCc2cc3n(n2)CCN(C(=O)N(C)C)C3)s1. The molecule has 0 radical (unpaired) electrons. The standard InChI is InChI=1S/C16H22N6O2S/c1-10-14(25-11(2)18-10)15(23)17-8-12-7-13-9-21(16(24)20(3)4)5-6-22(13)19-12/h7H,5-6,8-9H2,1-4H3,(H,17,23). The second-order valence-electron chi connectivity index (χ2n) is 6.28. The smallest absolute Gasteiger partial charge is 0.319 e. The van der Waals surface area contributed by atoms with Gasteiger partial charge in [0.15, 0.2) is 0 Å². The number of urea groups is 1. The summed E-state index contributed by atoms with van der Waals surface area (Å²) < 4.78 is 1.91. The van der Waals surface area contributed by atoms with E-state index in [9.17, 15) is 9.59 Å². The molecule has 3 heterocycles. The van der Waals surface area contributed by atoms with Gasteiger partial charge < -0.3 is 15.1 Å². The molecule has 2 aromatic rings. The monoisotopic (exact) mass is 362 g/mol. The lowest BCUT2D eigenvalue weighted by atomic mass is 10.3. The summed E-state index contributed by atoms with van der Waals surface area (Å²) in [6, 6.07) is 1.94. The fourth-order valence-corrected chi connectivity index (χ4v) is 3.69. The summed E-state index contributed by atoms with van der Waals surface area (Å²) in [7, 11) is 3.50. The number of rotatable bonds is 3. The molecule has 1 aliphatic rings. The Bertz CT molecular complexity index is 810. The van der Waals surface area contributed by atoms with Crippen LogP contribution in [-0.2, 0) is 19.6 Å². The van der Waals surface area contributed by atoms with Crippen molar-refractivity contribution in [2.45, 2.75) is 33.5 Å². The summed E-state index contributed by atoms with van der Waals surface area (Å²) in [5.41, 5.74) is 2.53. The normalized spacial score (nSPS) is 13.5. The number of fused-ring (bicyclic) bond motifs is 1. The Labute approximate surface area is 150 Å². The Morgan fingerprint density at radius 2 is 2.08 bits per heavy atom. The maximum absolute atomic E-state index is 12.3. The summed E-state index contributed by atoms with van der Waals surface area (Å²) in [5.74, 6) is -0.126. The third kappa shape index (κ3) is 3.65. The lowest BCUT2D eigenvalue weighted by Crippen LogP contribution is -2.43. The minimum absolute atomic E-state index is 0.00153. The molecular weight excluding hydrogens is 340 g/mol. The Morgan fingerprint density at radius 1 is 1.32 bits per heavy atom. The van der Waals surface area contributed by atoms with E-state index in [1.54, 1.807) is 23.9 Å². The van der Waals surface area contributed by atoms with Gasteiger partial charge in [0.1, 0.15) is 4.88 Å². The quantitative estimate of drug-likeness (QED) is 0.894. The second-order valence-corrected chi connectivity index (χ2v) is 7.48. The van der Waals surface area contributed by atoms with Crippen molar-refractivity contribution in [2.75, 3.05) is 20.6 Å². The van der Waals surface area contributed by atoms with Gasteiger partial charge >= 0.3 is 6.03 Å². The minimum atomic E-state index is -0.126. The number of amides is 3. The Kier molecular flexibility index (Phi) is 4.76. The molecule has 25 heavy (non-hydrogen) atoms. The first-order valence-electron chi connectivity index (χ1n) is 8.09. The first kappa shape index (κ1) is 17.4. The summed E-state index contributed by atoms with van der Waals surface area (Å²) in [5, 5.41) is 8.30. The van der Waals surface area contributed by atoms with Crippen LogP contribution in [0, 0.1) is 13.8 Å². The van der Waals surface area contributed by atoms with E-state index in [1.807, 2.05) is 24.6 Å². The van der Waals surface area contributed by atoms with Crippen LogP contribution in [0.2, 0.25) is 0 Å². The van der Waals surface area contributed by atoms with Crippen molar-refractivity contribution in [3.63, 3.8) is 0 Å². The highest BCUT2D eigenvalue weighted by molar-refractivity contribution is 7.13. The van der Waals surface area contributed by atoms with Crippen LogP contribution in [0.15, 0.2) is 6.07 Å². The van der Waals surface area contributed by atoms with Gasteiger partial charge in [0, 0.05) is 20.6 Å². The van der Waals surface area contributed by atoms with E-state index < -0.39 is 0 Å². The largest absolute Gasteiger partial charge is 0.346 e. The number of carbonyl (C=O) groups is 2. The number of nitrogens with zero attached hydrogens (tertiary/aromatic N) is 5. The van der Waals surface area contributed by atoms with Crippen molar-refractivity contribution < 1.29 is 9.59 Å². The molecule has 0 fully saturated rings. The molecule has 1 N–H and O–H groups in total. The highest BCUT2D eigenvalue weighted by Gasteiger charge is 2.23. The third-order valence-electron chi connectivity index (χ3n) is 4.04. The van der Waals surface area contributed by atoms with Gasteiger partial charge in [-0.3, -0.25) is 9.48 Å². The first-order chi connectivity index (χ1) is 11.8. The van der Waals surface area contributed by atoms with Gasteiger partial charge in [0.05, 0.1) is 41.7 Å². The van der Waals surface area contributed by atoms with Crippen LogP contribution in [0.25, 0.3) is 0 Å². The van der Waals surface area contributed by atoms with Crippen LogP contribution >= 0.6 is 11.3 Å². The fraction of sp³-hybridized carbons (Fsp3) is 0.500. The Balaban J connectivity index is 1.63. The van der Waals surface area contributed by atoms with E-state index in [1.165, 1.54) is 11.3 Å². The number of carbonyl (C=O) groups excluding carboxylic acids is 2. The van der Waals surface area contributed by atoms with Gasteiger partial charge in [-0.15, -0.1) is 11.3 Å². The van der Waals surface area contributed by atoms with Crippen molar-refractivity contribution in [3.8, 4) is 0 Å². The number of aromatic nitrogens is 3. The maximum Gasteiger partial charge on any atom is 0.319 e. The van der Waals surface area contributed by atoms with Crippen LogP contribution in [-0.4, -0.2) is 57.1 Å². The molecule has 3 amide bonds. The van der Waals surface area contributed by atoms with Crippen LogP contribution in [0.3, 0.4) is 0 Å². The van der Waals surface area contributed by atoms with Crippen molar-refractivity contribution in [1.82, 2.24) is 29.9 Å². The minimum Gasteiger partial charge on any atom is -0.346 e. The highest BCUT2D eigenvalue weighted by Crippen LogP contribution is 2.18. The average Bonchev–Trinajstić information content (AvgIpc) is 3.13. The van der Waals surface area contributed by atoms with Crippen molar-refractivity contribution in [2.24, 2.45) is 0 Å². The van der Waals surface area contributed by atoms with Gasteiger partial charge in [-0.25, -0.2) is 9.78 Å². The maximum atomic E-state index is 12.3. The molecule has 0 unspecified atom stereocenters. The molecular formula is C16H22N6O2S. The second kappa shape index (κ2) is 6.83. The van der Waals surface area contributed by atoms with Crippen LogP contribution < -0.4 is 5.32 Å². The molecule has 0 saturated heterocycles. The number of aryl methyl sites for hydroxylation is 2. The Morgan fingerprint density at radius 3 is 2.72 bits per heavy atom. The van der Waals surface area contributed by atoms with Crippen molar-refractivity contribution in [3.05, 3.63) is 33.0 Å². The molecule has 134 valence electrons. The zero-order valence-corrected chi connectivity index (χ0v) is 15.7. The van der Waals surface area contributed by atoms with E-state index in [2.05, 4.69) is 15.4 Å². The molecule has 3 rings (SSSR count). The van der Waals surface area contributed by atoms with Gasteiger partial charge in [-0.2, -0.15) is 5.10 Å². The van der Waals surface area contributed by atoms with Gasteiger partial charge in [0.2, 0.25) is 0 Å². The highest BCUT2D eigenvalue weighted by atomic mass is 32.1. The zero-order chi connectivity index (χ0) is 18.1. The van der Waals surface area contributed by atoms with Crippen LogP contribution in [0.5, 0.6) is 0 Å². The Hall–Kier alpha value is -2.42. The summed E-state index contributed by atoms with van der Waals surface area (Å²) in [6.07, 6.45) is 0. The predicted octanol–water partition coefficient (Wildman–Crippen LogP) is 1.38. The molecule has 0 aliphatic carbocycles. The van der Waals surface area contributed by atoms with E-state index in [-0.39, 0.29) is 11.9 Å². The number of nitrogens with one attached hydrogen (secondary N) is 1. The molecule has 1 aliphatic heterocycles. The fourth-order valence-electron chi connectivity index (χ4n) is 2.85. The summed E-state index contributed by atoms with van der Waals surface area (Å²) in [6.45, 7) is 5.91. The first-order valence-corrected chi connectivity index (χ1v) is 8.91. The van der Waals surface area contributed by atoms with E-state index in [4.69, 9.17) is 0 Å². The topological polar surface area (TPSA) is 83.4 Å². The molecule has 8 nitrogen and oxygen atoms in total. The summed E-state index contributed by atoms with van der Waals surface area (Å²) >= 11 is 1.39. The van der Waals surface area contributed by atoms with E-state index >= 15 is 0 Å². The van der Waals surface area contributed by atoms with Crippen LogP contribution in [0.4, 0.5) is 4.79 Å². The number of hydrogen-bond acceptors (Lipinski definition) is 5. The van der Waals surface area contributed by atoms with Gasteiger partial charge in [-0.05, 0) is 19.9 Å². The van der Waals surface area contributed by atoms with Crippen molar-refractivity contribution >= 4 is 23.3 Å². The molecule has 9 heteroatoms. The number of thiazole rings is 1. The van der Waals surface area contributed by atoms with Gasteiger partial charge in [0.25, 0.3) is 5.91 Å². The van der Waals surface area contributed by atoms with E-state index in [0.29, 0.717) is 31.1 Å². The lowest BCUT2D eigenvalue weighted by molar-refractivity contribution is 0.0953. The van der Waals surface area contributed by atoms with Crippen molar-refractivity contribution in [1.29, 1.82) is 0 Å². The molecule has 0 bridgehead atoms. The molecule has 0 aromatic carbocycles. The zero-order valence-electron chi connectivity index (χ0n) is 14.9. The predicted molar refractivity (Wildman–Crippen MR) is 94.5 cm³/mol. The summed E-state index contributed by atoms with van der Waals surface area (Å²) in [4.78, 5) is 32.6. The third-order valence-corrected chi connectivity index (χ3v) is 5.11.